The summed E-state index contributed by atoms with van der Waals surface area (Å²) in [6.07, 6.45) is 0.643. The molecule has 1 amide bonds. The molecular weight excluding hydrogens is 417 g/mol. The number of amides is 1. The van der Waals surface area contributed by atoms with Crippen molar-refractivity contribution < 1.29 is 26.4 Å². The second kappa shape index (κ2) is 7.29. The highest BCUT2D eigenvalue weighted by Gasteiger charge is 2.46. The Kier molecular flexibility index (Phi) is 5.33. The van der Waals surface area contributed by atoms with E-state index in [0.717, 1.165) is 11.1 Å². The molecule has 0 unspecified atom stereocenters. The maximum Gasteiger partial charge on any atom is 0.516 e. The predicted molar refractivity (Wildman–Crippen MR) is 99.7 cm³/mol. The minimum absolute atomic E-state index is 0.211. The van der Waals surface area contributed by atoms with Gasteiger partial charge in [0.2, 0.25) is 0 Å². The molecule has 0 bridgehead atoms. The van der Waals surface area contributed by atoms with Gasteiger partial charge in [-0.25, -0.2) is 0 Å². The Morgan fingerprint density at radius 2 is 1.79 bits per heavy atom. The number of halogens is 4. The summed E-state index contributed by atoms with van der Waals surface area (Å²) in [5.41, 5.74) is -2.80. The van der Waals surface area contributed by atoms with Crippen LogP contribution in [0.2, 0.25) is 5.02 Å². The zero-order valence-corrected chi connectivity index (χ0v) is 16.2. The molecule has 5 nitrogen and oxygen atoms in total. The molecule has 0 saturated carbocycles. The van der Waals surface area contributed by atoms with Crippen LogP contribution >= 0.6 is 11.6 Å². The fourth-order valence-corrected chi connectivity index (χ4v) is 3.76. The summed E-state index contributed by atoms with van der Waals surface area (Å²) in [4.78, 5) is 14.4. The Bertz CT molecular complexity index is 1020. The Balaban J connectivity index is 1.75. The number of carbonyl (C=O) groups excluding carboxylic acids is 1. The highest BCUT2D eigenvalue weighted by molar-refractivity contribution is 7.93. The first-order valence-corrected chi connectivity index (χ1v) is 10.1. The lowest BCUT2D eigenvalue weighted by Crippen LogP contribution is -2.37. The molecule has 0 aliphatic carbocycles. The van der Waals surface area contributed by atoms with Crippen molar-refractivity contribution in [2.24, 2.45) is 0 Å². The molecule has 0 fully saturated rings. The maximum atomic E-state index is 12.8. The molecule has 150 valence electrons. The number of hydrogen-bond donors (Lipinski definition) is 1. The predicted octanol–water partition coefficient (Wildman–Crippen LogP) is 4.11. The second-order valence-electron chi connectivity index (χ2n) is 6.46. The molecule has 1 aliphatic heterocycles. The van der Waals surface area contributed by atoms with Gasteiger partial charge >= 0.3 is 15.5 Å². The van der Waals surface area contributed by atoms with Crippen molar-refractivity contribution in [1.29, 1.82) is 0 Å². The number of fused-ring (bicyclic) bond motifs is 1. The molecule has 2 aromatic rings. The van der Waals surface area contributed by atoms with E-state index >= 15 is 0 Å². The minimum Gasteiger partial charge on any atom is -0.334 e. The first kappa shape index (κ1) is 20.5. The molecule has 1 aliphatic rings. The van der Waals surface area contributed by atoms with Gasteiger partial charge in [-0.1, -0.05) is 35.9 Å². The van der Waals surface area contributed by atoms with Crippen molar-refractivity contribution in [2.45, 2.75) is 25.4 Å². The normalized spacial score (nSPS) is 14.8. The van der Waals surface area contributed by atoms with E-state index in [1.165, 1.54) is 29.0 Å². The van der Waals surface area contributed by atoms with Gasteiger partial charge in [-0.15, -0.1) is 0 Å². The zero-order chi connectivity index (χ0) is 20.7. The molecule has 28 heavy (non-hydrogen) atoms. The average molecular weight is 433 g/mol. The molecule has 0 radical (unpaired) electrons. The van der Waals surface area contributed by atoms with E-state index in [2.05, 4.69) is 0 Å². The molecule has 2 aromatic carbocycles. The number of hydrogen-bond acceptors (Lipinski definition) is 3. The summed E-state index contributed by atoms with van der Waals surface area (Å²) in [5.74, 6) is -0.211. The minimum atomic E-state index is -5.47. The van der Waals surface area contributed by atoms with Crippen molar-refractivity contribution >= 4 is 33.2 Å². The van der Waals surface area contributed by atoms with E-state index in [4.69, 9.17) is 11.6 Å². The summed E-state index contributed by atoms with van der Waals surface area (Å²) in [6.45, 7) is 2.53. The van der Waals surface area contributed by atoms with E-state index in [-0.39, 0.29) is 18.1 Å². The first-order chi connectivity index (χ1) is 13.0. The molecule has 0 atom stereocenters. The SMILES string of the molecule is Cc1ccc2c(c1Cl)C(=O)N(Cc1ccc(NS(=O)(=O)C(F)(F)F)cc1)CC2. The van der Waals surface area contributed by atoms with Crippen LogP contribution in [0.3, 0.4) is 0 Å². The van der Waals surface area contributed by atoms with E-state index in [9.17, 15) is 26.4 Å². The summed E-state index contributed by atoms with van der Waals surface area (Å²) in [5, 5.41) is 0.420. The van der Waals surface area contributed by atoms with Crippen molar-refractivity contribution in [2.75, 3.05) is 11.3 Å². The summed E-state index contributed by atoms with van der Waals surface area (Å²) < 4.78 is 61.0. The number of rotatable bonds is 4. The van der Waals surface area contributed by atoms with Gasteiger partial charge in [0.1, 0.15) is 0 Å². The lowest BCUT2D eigenvalue weighted by atomic mass is 9.96. The van der Waals surface area contributed by atoms with Gasteiger partial charge in [0.05, 0.1) is 10.6 Å². The monoisotopic (exact) mass is 432 g/mol. The van der Waals surface area contributed by atoms with Crippen LogP contribution in [-0.2, 0) is 23.0 Å². The Labute approximate surface area is 165 Å². The zero-order valence-electron chi connectivity index (χ0n) is 14.7. The number of aryl methyl sites for hydroxylation is 1. The van der Waals surface area contributed by atoms with Crippen LogP contribution in [0.4, 0.5) is 18.9 Å². The van der Waals surface area contributed by atoms with Crippen molar-refractivity contribution in [3.05, 3.63) is 63.7 Å². The number of carbonyl (C=O) groups is 1. The first-order valence-electron chi connectivity index (χ1n) is 8.25. The summed E-state index contributed by atoms with van der Waals surface area (Å²) >= 11 is 6.29. The van der Waals surface area contributed by atoms with Crippen LogP contribution in [0.5, 0.6) is 0 Å². The molecular formula is C18H16ClF3N2O3S. The third-order valence-electron chi connectivity index (χ3n) is 4.46. The van der Waals surface area contributed by atoms with Gasteiger partial charge in [-0.3, -0.25) is 9.52 Å². The van der Waals surface area contributed by atoms with Gasteiger partial charge in [-0.05, 0) is 42.2 Å². The Hall–Kier alpha value is -2.26. The fourth-order valence-electron chi connectivity index (χ4n) is 2.94. The largest absolute Gasteiger partial charge is 0.516 e. The summed E-state index contributed by atoms with van der Waals surface area (Å²) in [6, 6.07) is 9.12. The van der Waals surface area contributed by atoms with E-state index in [0.29, 0.717) is 29.1 Å². The van der Waals surface area contributed by atoms with Crippen molar-refractivity contribution in [3.8, 4) is 0 Å². The van der Waals surface area contributed by atoms with E-state index < -0.39 is 15.5 Å². The fraction of sp³-hybridized carbons (Fsp3) is 0.278. The second-order valence-corrected chi connectivity index (χ2v) is 8.51. The van der Waals surface area contributed by atoms with Crippen LogP contribution < -0.4 is 4.72 Å². The average Bonchev–Trinajstić information content (AvgIpc) is 2.61. The number of nitrogens with one attached hydrogen (secondary N) is 1. The van der Waals surface area contributed by atoms with Gasteiger partial charge < -0.3 is 4.90 Å². The van der Waals surface area contributed by atoms with Gasteiger partial charge in [0.25, 0.3) is 5.91 Å². The molecule has 0 saturated heterocycles. The van der Waals surface area contributed by atoms with Gasteiger partial charge in [0, 0.05) is 18.8 Å². The highest BCUT2D eigenvalue weighted by atomic mass is 35.5. The molecule has 0 aromatic heterocycles. The third kappa shape index (κ3) is 3.95. The number of sulfonamides is 1. The van der Waals surface area contributed by atoms with Crippen LogP contribution in [0, 0.1) is 6.92 Å². The van der Waals surface area contributed by atoms with Crippen molar-refractivity contribution in [1.82, 2.24) is 4.90 Å². The van der Waals surface area contributed by atoms with E-state index in [1.54, 1.807) is 4.90 Å². The summed E-state index contributed by atoms with van der Waals surface area (Å²) in [7, 11) is -5.47. The maximum absolute atomic E-state index is 12.8. The number of nitrogens with zero attached hydrogens (tertiary/aromatic N) is 1. The number of alkyl halides is 3. The van der Waals surface area contributed by atoms with Crippen LogP contribution in [-0.4, -0.2) is 31.3 Å². The lowest BCUT2D eigenvalue weighted by Gasteiger charge is -2.29. The molecule has 3 rings (SSSR count). The molecule has 10 heteroatoms. The lowest BCUT2D eigenvalue weighted by molar-refractivity contribution is -0.0429. The van der Waals surface area contributed by atoms with Crippen LogP contribution in [0.25, 0.3) is 0 Å². The standard InChI is InChI=1S/C18H16ClF3N2O3S/c1-11-2-5-13-8-9-24(17(25)15(13)16(11)19)10-12-3-6-14(7-4-12)23-28(26,27)18(20,21)22/h2-7,23H,8-10H2,1H3. The highest BCUT2D eigenvalue weighted by Crippen LogP contribution is 2.30. The topological polar surface area (TPSA) is 66.5 Å². The van der Waals surface area contributed by atoms with Gasteiger partial charge in [-0.2, -0.15) is 21.6 Å². The Morgan fingerprint density at radius 3 is 2.39 bits per heavy atom. The molecule has 1 N–H and O–H groups in total. The molecule has 0 spiro atoms. The Morgan fingerprint density at radius 1 is 1.14 bits per heavy atom. The van der Waals surface area contributed by atoms with Crippen LogP contribution in [0.15, 0.2) is 36.4 Å². The smallest absolute Gasteiger partial charge is 0.334 e. The van der Waals surface area contributed by atoms with Crippen molar-refractivity contribution in [3.63, 3.8) is 0 Å². The van der Waals surface area contributed by atoms with Crippen LogP contribution in [0.1, 0.15) is 27.0 Å². The third-order valence-corrected chi connectivity index (χ3v) is 6.06. The van der Waals surface area contributed by atoms with E-state index in [1.807, 2.05) is 19.1 Å². The molecule has 1 heterocycles. The number of anilines is 1. The number of benzene rings is 2. The van der Waals surface area contributed by atoms with Gasteiger partial charge in [0.15, 0.2) is 0 Å². The quantitative estimate of drug-likeness (QED) is 0.790.